The van der Waals surface area contributed by atoms with Crippen molar-refractivity contribution < 1.29 is 4.74 Å². The first-order valence-corrected chi connectivity index (χ1v) is 8.46. The van der Waals surface area contributed by atoms with Gasteiger partial charge in [0.1, 0.15) is 0 Å². The van der Waals surface area contributed by atoms with E-state index >= 15 is 0 Å². The van der Waals surface area contributed by atoms with Crippen molar-refractivity contribution in [1.82, 2.24) is 0 Å². The van der Waals surface area contributed by atoms with E-state index in [1.165, 1.54) is 12.5 Å². The smallest absolute Gasteiger partial charge is 0.0532 e. The molecule has 0 amide bonds. The van der Waals surface area contributed by atoms with Crippen LogP contribution in [0.25, 0.3) is 0 Å². The third-order valence-electron chi connectivity index (χ3n) is 2.52. The lowest BCUT2D eigenvalue weighted by atomic mass is 9.90. The van der Waals surface area contributed by atoms with E-state index in [0.717, 1.165) is 19.8 Å². The average Bonchev–Trinajstić information content (AvgIpc) is 2.34. The Labute approximate surface area is 76.5 Å². The Morgan fingerprint density at radius 2 is 2.08 bits per heavy atom. The summed E-state index contributed by atoms with van der Waals surface area (Å²) in [5, 5.41) is 0. The van der Waals surface area contributed by atoms with Crippen molar-refractivity contribution in [2.24, 2.45) is 11.1 Å². The van der Waals surface area contributed by atoms with Gasteiger partial charge >= 0.3 is 0 Å². The third kappa shape index (κ3) is 2.57. The van der Waals surface area contributed by atoms with E-state index in [1.807, 2.05) is 0 Å². The van der Waals surface area contributed by atoms with E-state index in [1.54, 1.807) is 0 Å². The van der Waals surface area contributed by atoms with Crippen LogP contribution in [-0.2, 0) is 4.74 Å². The first-order chi connectivity index (χ1) is 5.47. The van der Waals surface area contributed by atoms with E-state index in [2.05, 4.69) is 19.6 Å². The van der Waals surface area contributed by atoms with E-state index < -0.39 is 8.07 Å². The second-order valence-electron chi connectivity index (χ2n) is 5.24. The molecule has 1 aliphatic heterocycles. The van der Waals surface area contributed by atoms with Crippen LogP contribution in [0, 0.1) is 5.41 Å². The molecule has 2 N–H and O–H groups in total. The number of rotatable bonds is 3. The largest absolute Gasteiger partial charge is 0.381 e. The first kappa shape index (κ1) is 10.2. The van der Waals surface area contributed by atoms with Crippen LogP contribution < -0.4 is 5.73 Å². The highest BCUT2D eigenvalue weighted by Gasteiger charge is 2.37. The maximum Gasteiger partial charge on any atom is 0.0532 e. The van der Waals surface area contributed by atoms with Crippen LogP contribution in [0.4, 0.5) is 0 Å². The summed E-state index contributed by atoms with van der Waals surface area (Å²) in [5.74, 6) is 0. The molecule has 1 rings (SSSR count). The predicted octanol–water partition coefficient (Wildman–Crippen LogP) is 1.69. The van der Waals surface area contributed by atoms with Crippen LogP contribution in [0.5, 0.6) is 0 Å². The van der Waals surface area contributed by atoms with Crippen LogP contribution in [0.1, 0.15) is 6.42 Å². The van der Waals surface area contributed by atoms with Gasteiger partial charge in [0.15, 0.2) is 0 Å². The monoisotopic (exact) mass is 187 g/mol. The van der Waals surface area contributed by atoms with E-state index in [4.69, 9.17) is 10.5 Å². The first-order valence-electron chi connectivity index (χ1n) is 4.75. The highest BCUT2D eigenvalue weighted by molar-refractivity contribution is 6.76. The Balaban J connectivity index is 2.55. The summed E-state index contributed by atoms with van der Waals surface area (Å²) in [5.41, 5.74) is 6.16. The van der Waals surface area contributed by atoms with Gasteiger partial charge in [-0.2, -0.15) is 0 Å². The fourth-order valence-electron chi connectivity index (χ4n) is 2.15. The molecule has 0 saturated carbocycles. The summed E-state index contributed by atoms with van der Waals surface area (Å²) in [4.78, 5) is 0. The Morgan fingerprint density at radius 3 is 2.42 bits per heavy atom. The van der Waals surface area contributed by atoms with E-state index in [9.17, 15) is 0 Å². The molecule has 0 spiro atoms. The molecule has 0 aromatic heterocycles. The Bertz CT molecular complexity index is 147. The summed E-state index contributed by atoms with van der Waals surface area (Å²) >= 11 is 0. The van der Waals surface area contributed by atoms with Crippen molar-refractivity contribution in [2.75, 3.05) is 19.8 Å². The quantitative estimate of drug-likeness (QED) is 0.682. The summed E-state index contributed by atoms with van der Waals surface area (Å²) < 4.78 is 5.44. The Kier molecular flexibility index (Phi) is 2.96. The second kappa shape index (κ2) is 3.48. The number of ether oxygens (including phenoxy) is 1. The lowest BCUT2D eigenvalue weighted by molar-refractivity contribution is 0.162. The molecular formula is C9H21NOSi. The van der Waals surface area contributed by atoms with Crippen LogP contribution in [0.2, 0.25) is 25.7 Å². The topological polar surface area (TPSA) is 35.2 Å². The fourth-order valence-corrected chi connectivity index (χ4v) is 4.82. The summed E-state index contributed by atoms with van der Waals surface area (Å²) in [6, 6.07) is 1.32. The van der Waals surface area contributed by atoms with Crippen LogP contribution in [-0.4, -0.2) is 27.8 Å². The van der Waals surface area contributed by atoms with Crippen LogP contribution >= 0.6 is 0 Å². The van der Waals surface area contributed by atoms with Crippen LogP contribution in [0.3, 0.4) is 0 Å². The van der Waals surface area contributed by atoms with Crippen molar-refractivity contribution in [1.29, 1.82) is 0 Å². The molecule has 1 aliphatic rings. The molecule has 1 unspecified atom stereocenters. The molecule has 72 valence electrons. The maximum atomic E-state index is 5.82. The Hall–Kier alpha value is 0.137. The summed E-state index contributed by atoms with van der Waals surface area (Å²) in [6.45, 7) is 9.83. The molecule has 1 saturated heterocycles. The molecule has 2 nitrogen and oxygen atoms in total. The van der Waals surface area contributed by atoms with Gasteiger partial charge in [0, 0.05) is 20.1 Å². The minimum atomic E-state index is -0.976. The molecule has 0 aromatic carbocycles. The van der Waals surface area contributed by atoms with Gasteiger partial charge in [-0.25, -0.2) is 0 Å². The molecule has 0 aromatic rings. The molecule has 0 aliphatic carbocycles. The third-order valence-corrected chi connectivity index (χ3v) is 4.33. The van der Waals surface area contributed by atoms with Gasteiger partial charge in [-0.3, -0.25) is 0 Å². The van der Waals surface area contributed by atoms with Crippen molar-refractivity contribution >= 4 is 8.07 Å². The van der Waals surface area contributed by atoms with E-state index in [-0.39, 0.29) is 0 Å². The number of hydrogen-bond acceptors (Lipinski definition) is 2. The molecule has 0 bridgehead atoms. The van der Waals surface area contributed by atoms with Gasteiger partial charge in [0.2, 0.25) is 0 Å². The number of hydrogen-bond donors (Lipinski definition) is 1. The molecule has 0 radical (unpaired) electrons. The van der Waals surface area contributed by atoms with Crippen molar-refractivity contribution in [2.45, 2.75) is 32.1 Å². The van der Waals surface area contributed by atoms with E-state index in [0.29, 0.717) is 5.41 Å². The zero-order chi connectivity index (χ0) is 9.24. The zero-order valence-electron chi connectivity index (χ0n) is 8.52. The lowest BCUT2D eigenvalue weighted by Gasteiger charge is -2.31. The number of nitrogens with two attached hydrogens (primary N) is 1. The van der Waals surface area contributed by atoms with Gasteiger partial charge in [-0.1, -0.05) is 19.6 Å². The summed E-state index contributed by atoms with van der Waals surface area (Å²) in [6.07, 6.45) is 1.17. The normalized spacial score (nSPS) is 31.0. The molecule has 1 fully saturated rings. The van der Waals surface area contributed by atoms with Gasteiger partial charge in [-0.15, -0.1) is 0 Å². The molecule has 3 heteroatoms. The highest BCUT2D eigenvalue weighted by Crippen LogP contribution is 2.36. The average molecular weight is 187 g/mol. The maximum absolute atomic E-state index is 5.82. The van der Waals surface area contributed by atoms with Crippen molar-refractivity contribution in [3.8, 4) is 0 Å². The van der Waals surface area contributed by atoms with Gasteiger partial charge in [0.25, 0.3) is 0 Å². The van der Waals surface area contributed by atoms with Crippen LogP contribution in [0.15, 0.2) is 0 Å². The Morgan fingerprint density at radius 1 is 1.42 bits per heavy atom. The minimum Gasteiger partial charge on any atom is -0.381 e. The van der Waals surface area contributed by atoms with Gasteiger partial charge in [-0.05, 0) is 19.0 Å². The molecule has 12 heavy (non-hydrogen) atoms. The SMILES string of the molecule is C[Si](C)(C)CC1(CN)CCOC1. The molecular weight excluding hydrogens is 166 g/mol. The minimum absolute atomic E-state index is 0.338. The van der Waals surface area contributed by atoms with Gasteiger partial charge in [0.05, 0.1) is 6.61 Å². The standard InChI is InChI=1S/C9H21NOSi/c1-12(2,3)8-9(6-10)4-5-11-7-9/h4-8,10H2,1-3H3. The van der Waals surface area contributed by atoms with Crippen molar-refractivity contribution in [3.05, 3.63) is 0 Å². The summed E-state index contributed by atoms with van der Waals surface area (Å²) in [7, 11) is -0.976. The lowest BCUT2D eigenvalue weighted by Crippen LogP contribution is -2.38. The molecule has 1 heterocycles. The molecule has 1 atom stereocenters. The fraction of sp³-hybridized carbons (Fsp3) is 1.00. The zero-order valence-corrected chi connectivity index (χ0v) is 9.52. The van der Waals surface area contributed by atoms with Crippen molar-refractivity contribution in [3.63, 3.8) is 0 Å². The highest BCUT2D eigenvalue weighted by atomic mass is 28.3. The second-order valence-corrected chi connectivity index (χ2v) is 10.7. The predicted molar refractivity (Wildman–Crippen MR) is 55.1 cm³/mol. The van der Waals surface area contributed by atoms with Gasteiger partial charge < -0.3 is 10.5 Å².